The molecule has 2 rings (SSSR count). The maximum Gasteiger partial charge on any atom is 0.0977 e. The van der Waals surface area contributed by atoms with Crippen molar-refractivity contribution in [1.82, 2.24) is 0 Å². The third-order valence-corrected chi connectivity index (χ3v) is 5.00. The largest absolute Gasteiger partial charge is 0.363 e. The monoisotopic (exact) mass is 223 g/mol. The minimum atomic E-state index is -0.182. The first-order valence-electron chi connectivity index (χ1n) is 5.39. The van der Waals surface area contributed by atoms with Crippen molar-refractivity contribution >= 4 is 11.3 Å². The Morgan fingerprint density at radius 2 is 1.73 bits per heavy atom. The summed E-state index contributed by atoms with van der Waals surface area (Å²) >= 11 is 1.69. The number of hydrogen-bond acceptors (Lipinski definition) is 2. The molecular formula is C13H19OS. The summed E-state index contributed by atoms with van der Waals surface area (Å²) in [4.78, 5) is 1.33. The zero-order valence-electron chi connectivity index (χ0n) is 10.4. The Hall–Kier alpha value is -0.340. The summed E-state index contributed by atoms with van der Waals surface area (Å²) in [5, 5.41) is 3.25. The highest BCUT2D eigenvalue weighted by molar-refractivity contribution is 7.09. The van der Waals surface area contributed by atoms with Crippen molar-refractivity contribution in [3.05, 3.63) is 21.9 Å². The zero-order chi connectivity index (χ0) is 11.5. The molecule has 0 amide bonds. The van der Waals surface area contributed by atoms with Crippen molar-refractivity contribution in [2.24, 2.45) is 0 Å². The number of hydrogen-bond donors (Lipinski definition) is 0. The average molecular weight is 223 g/mol. The van der Waals surface area contributed by atoms with Gasteiger partial charge < -0.3 is 4.74 Å². The van der Waals surface area contributed by atoms with Gasteiger partial charge in [-0.3, -0.25) is 0 Å². The third-order valence-electron chi connectivity index (χ3n) is 3.84. The number of thiophene rings is 1. The standard InChI is InChI=1S/C13H19OS/c1-11(2)9-7-8-15-10(9)12(3,4)14-13(11,5)6/h7H,1-6H3. The van der Waals surface area contributed by atoms with E-state index in [1.807, 2.05) is 0 Å². The normalized spacial score (nSPS) is 26.0. The summed E-state index contributed by atoms with van der Waals surface area (Å²) in [5.74, 6) is 0. The minimum absolute atomic E-state index is 0.0500. The van der Waals surface area contributed by atoms with E-state index >= 15 is 0 Å². The molecule has 0 fully saturated rings. The van der Waals surface area contributed by atoms with E-state index in [1.54, 1.807) is 11.3 Å². The highest BCUT2D eigenvalue weighted by Crippen LogP contribution is 2.51. The Bertz CT molecular complexity index is 385. The molecule has 0 atom stereocenters. The molecule has 0 bridgehead atoms. The van der Waals surface area contributed by atoms with Crippen molar-refractivity contribution in [3.8, 4) is 0 Å². The van der Waals surface area contributed by atoms with Crippen LogP contribution in [-0.2, 0) is 15.8 Å². The van der Waals surface area contributed by atoms with E-state index in [0.717, 1.165) is 0 Å². The van der Waals surface area contributed by atoms with Gasteiger partial charge in [0.25, 0.3) is 0 Å². The second kappa shape index (κ2) is 2.86. The van der Waals surface area contributed by atoms with Crippen LogP contribution >= 0.6 is 11.3 Å². The van der Waals surface area contributed by atoms with Crippen LogP contribution in [0.2, 0.25) is 0 Å². The maximum atomic E-state index is 6.25. The average Bonchev–Trinajstić information content (AvgIpc) is 2.47. The van der Waals surface area contributed by atoms with Crippen LogP contribution in [0.3, 0.4) is 0 Å². The van der Waals surface area contributed by atoms with Gasteiger partial charge in [-0.05, 0) is 39.3 Å². The fourth-order valence-electron chi connectivity index (χ4n) is 2.32. The second-order valence-electron chi connectivity index (χ2n) is 5.85. The molecule has 1 nitrogen and oxygen atoms in total. The number of rotatable bonds is 0. The van der Waals surface area contributed by atoms with Gasteiger partial charge >= 0.3 is 0 Å². The Morgan fingerprint density at radius 1 is 1.13 bits per heavy atom. The summed E-state index contributed by atoms with van der Waals surface area (Å²) in [5.41, 5.74) is 1.12. The second-order valence-corrected chi connectivity index (χ2v) is 6.70. The van der Waals surface area contributed by atoms with Gasteiger partial charge in [0.15, 0.2) is 0 Å². The fourth-order valence-corrected chi connectivity index (χ4v) is 3.32. The van der Waals surface area contributed by atoms with Gasteiger partial charge in [0.05, 0.1) is 11.2 Å². The molecule has 0 unspecified atom stereocenters. The van der Waals surface area contributed by atoms with Crippen LogP contribution in [0, 0.1) is 5.38 Å². The summed E-state index contributed by atoms with van der Waals surface area (Å²) in [6.07, 6.45) is 0. The number of ether oxygens (including phenoxy) is 1. The van der Waals surface area contributed by atoms with Crippen LogP contribution in [0.4, 0.5) is 0 Å². The SMILES string of the molecule is CC1(C)OC(C)(C)C(C)(C)c2c[c]sc21. The molecule has 1 aromatic heterocycles. The number of fused-ring (bicyclic) bond motifs is 1. The van der Waals surface area contributed by atoms with E-state index in [-0.39, 0.29) is 16.6 Å². The molecule has 83 valence electrons. The molecule has 15 heavy (non-hydrogen) atoms. The predicted octanol–water partition coefficient (Wildman–Crippen LogP) is 3.87. The maximum absolute atomic E-state index is 6.25. The molecule has 2 heteroatoms. The van der Waals surface area contributed by atoms with Crippen molar-refractivity contribution < 1.29 is 4.74 Å². The van der Waals surface area contributed by atoms with Crippen LogP contribution in [0.1, 0.15) is 52.0 Å². The molecule has 1 aliphatic rings. The molecule has 0 saturated carbocycles. The van der Waals surface area contributed by atoms with E-state index in [9.17, 15) is 0 Å². The summed E-state index contributed by atoms with van der Waals surface area (Å²) in [7, 11) is 0. The fraction of sp³-hybridized carbons (Fsp3) is 0.692. The molecule has 1 aliphatic heterocycles. The summed E-state index contributed by atoms with van der Waals surface area (Å²) < 4.78 is 6.25. The predicted molar refractivity (Wildman–Crippen MR) is 64.4 cm³/mol. The van der Waals surface area contributed by atoms with Gasteiger partial charge in [-0.25, -0.2) is 0 Å². The molecule has 0 N–H and O–H groups in total. The topological polar surface area (TPSA) is 9.23 Å². The van der Waals surface area contributed by atoms with Crippen LogP contribution in [0.5, 0.6) is 0 Å². The quantitative estimate of drug-likeness (QED) is 0.649. The lowest BCUT2D eigenvalue weighted by Gasteiger charge is -2.51. The van der Waals surface area contributed by atoms with Crippen molar-refractivity contribution in [3.63, 3.8) is 0 Å². The Morgan fingerprint density at radius 3 is 2.33 bits per heavy atom. The molecule has 1 aromatic rings. The smallest absolute Gasteiger partial charge is 0.0977 e. The zero-order valence-corrected chi connectivity index (χ0v) is 11.2. The van der Waals surface area contributed by atoms with Crippen molar-refractivity contribution in [2.75, 3.05) is 0 Å². The van der Waals surface area contributed by atoms with Gasteiger partial charge in [0.2, 0.25) is 0 Å². The first kappa shape index (κ1) is 11.2. The molecule has 0 aliphatic carbocycles. The lowest BCUT2D eigenvalue weighted by molar-refractivity contribution is -0.171. The molecule has 0 saturated heterocycles. The van der Waals surface area contributed by atoms with Crippen LogP contribution in [0.25, 0.3) is 0 Å². The van der Waals surface area contributed by atoms with Crippen LogP contribution in [0.15, 0.2) is 6.07 Å². The van der Waals surface area contributed by atoms with Crippen LogP contribution < -0.4 is 0 Å². The molecule has 2 heterocycles. The highest BCUT2D eigenvalue weighted by Gasteiger charge is 2.50. The van der Waals surface area contributed by atoms with Crippen molar-refractivity contribution in [1.29, 1.82) is 0 Å². The first-order chi connectivity index (χ1) is 6.68. The molecule has 1 radical (unpaired) electrons. The lowest BCUT2D eigenvalue weighted by atomic mass is 9.68. The molecule has 0 spiro atoms. The lowest BCUT2D eigenvalue weighted by Crippen LogP contribution is -2.53. The van der Waals surface area contributed by atoms with E-state index in [0.29, 0.717) is 0 Å². The van der Waals surface area contributed by atoms with Crippen LogP contribution in [-0.4, -0.2) is 5.60 Å². The van der Waals surface area contributed by atoms with Gasteiger partial charge in [-0.1, -0.05) is 13.8 Å². The summed E-state index contributed by atoms with van der Waals surface area (Å²) in [6.45, 7) is 13.1. The van der Waals surface area contributed by atoms with Gasteiger partial charge in [0, 0.05) is 15.7 Å². The first-order valence-corrected chi connectivity index (χ1v) is 6.21. The van der Waals surface area contributed by atoms with E-state index < -0.39 is 0 Å². The highest BCUT2D eigenvalue weighted by atomic mass is 32.1. The van der Waals surface area contributed by atoms with Gasteiger partial charge in [-0.2, -0.15) is 0 Å². The Kier molecular flexibility index (Phi) is 2.13. The van der Waals surface area contributed by atoms with E-state index in [4.69, 9.17) is 4.74 Å². The third kappa shape index (κ3) is 1.38. The molecule has 0 aromatic carbocycles. The molecular weight excluding hydrogens is 204 g/mol. The van der Waals surface area contributed by atoms with Crippen molar-refractivity contribution in [2.45, 2.75) is 58.2 Å². The summed E-state index contributed by atoms with van der Waals surface area (Å²) in [6, 6.07) is 2.13. The van der Waals surface area contributed by atoms with Gasteiger partial charge in [-0.15, -0.1) is 11.3 Å². The Labute approximate surface area is 96.5 Å². The van der Waals surface area contributed by atoms with Gasteiger partial charge in [0.1, 0.15) is 0 Å². The minimum Gasteiger partial charge on any atom is -0.363 e. The Balaban J connectivity index is 2.66. The van der Waals surface area contributed by atoms with E-state index in [2.05, 4.69) is 53.0 Å². The van der Waals surface area contributed by atoms with E-state index in [1.165, 1.54) is 10.4 Å².